The molecular weight excluding hydrogens is 1100 g/mol. The second-order valence-electron chi connectivity index (χ2n) is 26.0. The Balaban J connectivity index is 2.54. The number of carbonyl (C=O) groups excluding carboxylic acids is 2. The SMILES string of the molecule is CCCCC/C=C\C/C=C\C/C=C\CCCCCCCCCCCC(O)C(=O)NC(COC1OC(CO)C(O)C(O)C1OC(=O)CCCCCCCCCCCCCCCCC/C=C/CCCCCCCC)C(O)/C=C/CCCCCCCCCCCC. The third kappa shape index (κ3) is 50.9. The minimum absolute atomic E-state index is 0.125. The number of esters is 1. The first-order valence-electron chi connectivity index (χ1n) is 37.6. The quantitative estimate of drug-likeness (QED) is 0.0195. The van der Waals surface area contributed by atoms with Crippen LogP contribution in [0.4, 0.5) is 0 Å². The standard InChI is InChI=1S/C77H141NO10/c1-4-7-10-13-16-19-22-25-27-29-31-33-35-36-37-39-41-43-45-47-50-53-56-59-62-65-72(82)88-75-74(84)73(83)71(66-79)87-77(75)86-67-68(69(80)63-60-57-54-51-48-24-21-18-15-12-9-6-3)78-76(85)70(81)64-61-58-55-52-49-46-44-42-40-38-34-32-30-28-26-23-20-17-14-11-8-5-2/h17,20,25-28,32,34,60,63,68-71,73-75,77,79-81,83-84H,4-16,18-19,21-24,29-31,33,35-59,61-62,64-67H2,1-3H3,(H,78,85)/b20-17-,27-25+,28-26-,34-32-,63-60+. The number of rotatable bonds is 65. The molecule has 1 amide bonds. The van der Waals surface area contributed by atoms with E-state index >= 15 is 0 Å². The van der Waals surface area contributed by atoms with Crippen molar-refractivity contribution >= 4 is 11.9 Å². The lowest BCUT2D eigenvalue weighted by Crippen LogP contribution is -2.61. The fourth-order valence-electron chi connectivity index (χ4n) is 11.7. The molecule has 514 valence electrons. The van der Waals surface area contributed by atoms with E-state index in [0.29, 0.717) is 12.8 Å². The number of aliphatic hydroxyl groups excluding tert-OH is 5. The molecule has 0 radical (unpaired) electrons. The summed E-state index contributed by atoms with van der Waals surface area (Å²) in [5.74, 6) is -1.19. The van der Waals surface area contributed by atoms with Crippen LogP contribution in [0.2, 0.25) is 0 Å². The van der Waals surface area contributed by atoms with Gasteiger partial charge in [0.2, 0.25) is 5.91 Å². The van der Waals surface area contributed by atoms with Crippen LogP contribution >= 0.6 is 0 Å². The van der Waals surface area contributed by atoms with Crippen molar-refractivity contribution in [2.75, 3.05) is 13.2 Å². The molecule has 1 fully saturated rings. The van der Waals surface area contributed by atoms with Gasteiger partial charge in [-0.1, -0.05) is 319 Å². The third-order valence-corrected chi connectivity index (χ3v) is 17.6. The Labute approximate surface area is 541 Å². The van der Waals surface area contributed by atoms with Crippen molar-refractivity contribution in [2.24, 2.45) is 0 Å². The zero-order valence-corrected chi connectivity index (χ0v) is 57.4. The predicted octanol–water partition coefficient (Wildman–Crippen LogP) is 19.7. The fraction of sp³-hybridized carbons (Fsp3) is 0.844. The second kappa shape index (κ2) is 64.5. The maximum atomic E-state index is 13.5. The molecule has 6 N–H and O–H groups in total. The van der Waals surface area contributed by atoms with Crippen molar-refractivity contribution in [1.82, 2.24) is 5.32 Å². The molecule has 1 saturated heterocycles. The molecule has 8 atom stereocenters. The van der Waals surface area contributed by atoms with E-state index < -0.39 is 67.4 Å². The summed E-state index contributed by atoms with van der Waals surface area (Å²) in [4.78, 5) is 26.7. The summed E-state index contributed by atoms with van der Waals surface area (Å²) < 4.78 is 17.7. The van der Waals surface area contributed by atoms with Crippen molar-refractivity contribution < 1.29 is 49.3 Å². The van der Waals surface area contributed by atoms with Crippen LogP contribution in [0.1, 0.15) is 355 Å². The minimum Gasteiger partial charge on any atom is -0.454 e. The number of amides is 1. The minimum atomic E-state index is -1.62. The van der Waals surface area contributed by atoms with Crippen LogP contribution in [0.3, 0.4) is 0 Å². The highest BCUT2D eigenvalue weighted by Gasteiger charge is 2.47. The molecule has 11 nitrogen and oxygen atoms in total. The number of hydrogen-bond acceptors (Lipinski definition) is 10. The average Bonchev–Trinajstić information content (AvgIpc) is 2.54. The molecule has 0 bridgehead atoms. The van der Waals surface area contributed by atoms with Gasteiger partial charge in [0, 0.05) is 6.42 Å². The van der Waals surface area contributed by atoms with Gasteiger partial charge in [-0.2, -0.15) is 0 Å². The maximum absolute atomic E-state index is 13.5. The zero-order chi connectivity index (χ0) is 63.9. The summed E-state index contributed by atoms with van der Waals surface area (Å²) in [5, 5.41) is 57.3. The lowest BCUT2D eigenvalue weighted by molar-refractivity contribution is -0.305. The van der Waals surface area contributed by atoms with Crippen LogP contribution in [-0.4, -0.2) is 99.6 Å². The molecule has 1 aliphatic heterocycles. The monoisotopic (exact) mass is 1240 g/mol. The highest BCUT2D eigenvalue weighted by Crippen LogP contribution is 2.26. The molecule has 8 unspecified atom stereocenters. The largest absolute Gasteiger partial charge is 0.454 e. The maximum Gasteiger partial charge on any atom is 0.306 e. The third-order valence-electron chi connectivity index (χ3n) is 17.6. The van der Waals surface area contributed by atoms with E-state index in [1.165, 1.54) is 231 Å². The number of unbranched alkanes of at least 4 members (excludes halogenated alkanes) is 43. The first kappa shape index (κ1) is 83.4. The molecule has 1 aliphatic rings. The molecule has 0 aliphatic carbocycles. The molecule has 88 heavy (non-hydrogen) atoms. The Bertz CT molecular complexity index is 1670. The first-order chi connectivity index (χ1) is 43.2. The van der Waals surface area contributed by atoms with Crippen molar-refractivity contribution in [3.63, 3.8) is 0 Å². The number of hydrogen-bond donors (Lipinski definition) is 6. The van der Waals surface area contributed by atoms with Crippen molar-refractivity contribution in [2.45, 2.75) is 404 Å². The summed E-state index contributed by atoms with van der Waals surface area (Å²) >= 11 is 0. The van der Waals surface area contributed by atoms with Gasteiger partial charge >= 0.3 is 5.97 Å². The summed E-state index contributed by atoms with van der Waals surface area (Å²) in [6, 6.07) is -1.03. The van der Waals surface area contributed by atoms with Crippen LogP contribution in [0, 0.1) is 0 Å². The fourth-order valence-corrected chi connectivity index (χ4v) is 11.7. The van der Waals surface area contributed by atoms with Gasteiger partial charge < -0.3 is 45.1 Å². The Morgan fingerprint density at radius 3 is 1.20 bits per heavy atom. The van der Waals surface area contributed by atoms with E-state index in [2.05, 4.69) is 74.7 Å². The molecule has 0 aromatic rings. The molecule has 11 heteroatoms. The summed E-state index contributed by atoms with van der Waals surface area (Å²) in [5.41, 5.74) is 0. The predicted molar refractivity (Wildman–Crippen MR) is 370 cm³/mol. The Morgan fingerprint density at radius 2 is 0.784 bits per heavy atom. The Morgan fingerprint density at radius 1 is 0.443 bits per heavy atom. The van der Waals surface area contributed by atoms with Crippen LogP contribution in [0.5, 0.6) is 0 Å². The number of aliphatic hydroxyl groups is 5. The van der Waals surface area contributed by atoms with Crippen LogP contribution < -0.4 is 5.32 Å². The van der Waals surface area contributed by atoms with Crippen LogP contribution in [0.25, 0.3) is 0 Å². The Kier molecular flexibility index (Phi) is 61.1. The van der Waals surface area contributed by atoms with E-state index in [4.69, 9.17) is 14.2 Å². The average molecular weight is 1240 g/mol. The second-order valence-corrected chi connectivity index (χ2v) is 26.0. The molecule has 0 aromatic heterocycles. The van der Waals surface area contributed by atoms with Crippen LogP contribution in [0.15, 0.2) is 60.8 Å². The summed E-state index contributed by atoms with van der Waals surface area (Å²) in [6.45, 7) is 5.81. The van der Waals surface area contributed by atoms with Gasteiger partial charge in [0.05, 0.1) is 25.4 Å². The van der Waals surface area contributed by atoms with Crippen molar-refractivity contribution in [1.29, 1.82) is 0 Å². The van der Waals surface area contributed by atoms with Gasteiger partial charge in [-0.15, -0.1) is 0 Å². The summed E-state index contributed by atoms with van der Waals surface area (Å²) in [7, 11) is 0. The van der Waals surface area contributed by atoms with Crippen molar-refractivity contribution in [3.8, 4) is 0 Å². The number of allylic oxidation sites excluding steroid dienone is 9. The lowest BCUT2D eigenvalue weighted by atomic mass is 9.99. The van der Waals surface area contributed by atoms with E-state index in [1.54, 1.807) is 6.08 Å². The zero-order valence-electron chi connectivity index (χ0n) is 57.4. The van der Waals surface area contributed by atoms with Crippen molar-refractivity contribution in [3.05, 3.63) is 60.8 Å². The van der Waals surface area contributed by atoms with E-state index in [1.807, 2.05) is 6.08 Å². The van der Waals surface area contributed by atoms with E-state index in [0.717, 1.165) is 77.0 Å². The van der Waals surface area contributed by atoms with Gasteiger partial charge in [0.25, 0.3) is 0 Å². The van der Waals surface area contributed by atoms with Gasteiger partial charge in [0.15, 0.2) is 12.4 Å². The van der Waals surface area contributed by atoms with Gasteiger partial charge in [-0.05, 0) is 89.9 Å². The molecular formula is C77H141NO10. The van der Waals surface area contributed by atoms with Gasteiger partial charge in [-0.25, -0.2) is 0 Å². The lowest BCUT2D eigenvalue weighted by Gasteiger charge is -2.41. The molecule has 0 spiro atoms. The molecule has 1 heterocycles. The number of ether oxygens (including phenoxy) is 3. The molecule has 0 saturated carbocycles. The molecule has 1 rings (SSSR count). The Hall–Kier alpha value is -2.64. The summed E-state index contributed by atoms with van der Waals surface area (Å²) in [6.07, 6.45) is 72.6. The highest BCUT2D eigenvalue weighted by molar-refractivity contribution is 5.80. The smallest absolute Gasteiger partial charge is 0.306 e. The number of carbonyl (C=O) groups is 2. The first-order valence-corrected chi connectivity index (χ1v) is 37.6. The topological polar surface area (TPSA) is 175 Å². The van der Waals surface area contributed by atoms with E-state index in [9.17, 15) is 35.1 Å². The number of nitrogens with one attached hydrogen (secondary N) is 1. The normalized spacial score (nSPS) is 18.5. The van der Waals surface area contributed by atoms with Crippen LogP contribution in [-0.2, 0) is 23.8 Å². The van der Waals surface area contributed by atoms with E-state index in [-0.39, 0.29) is 19.4 Å². The van der Waals surface area contributed by atoms with Gasteiger partial charge in [-0.3, -0.25) is 9.59 Å². The molecule has 0 aromatic carbocycles. The highest BCUT2D eigenvalue weighted by atomic mass is 16.7. The van der Waals surface area contributed by atoms with Gasteiger partial charge in [0.1, 0.15) is 24.4 Å².